The van der Waals surface area contributed by atoms with Crippen LogP contribution in [0.2, 0.25) is 0 Å². The molecule has 0 spiro atoms. The second-order valence-electron chi connectivity index (χ2n) is 3.76. The minimum absolute atomic E-state index is 0.0609. The fraction of sp³-hybridized carbons (Fsp3) is 0.778. The van der Waals surface area contributed by atoms with E-state index in [-0.39, 0.29) is 11.5 Å². The van der Waals surface area contributed by atoms with Crippen molar-refractivity contribution in [2.45, 2.75) is 32.0 Å². The molecule has 1 aliphatic heterocycles. The first kappa shape index (κ1) is 8.75. The van der Waals surface area contributed by atoms with Gasteiger partial charge < -0.3 is 9.84 Å². The summed E-state index contributed by atoms with van der Waals surface area (Å²) in [6.45, 7) is 8.29. The SMILES string of the molecule is C=CC(O)C1COC(C)(C)C1. The fourth-order valence-electron chi connectivity index (χ4n) is 1.49. The minimum atomic E-state index is -0.406. The van der Waals surface area contributed by atoms with Crippen LogP contribution in [-0.2, 0) is 4.74 Å². The fourth-order valence-corrected chi connectivity index (χ4v) is 1.49. The van der Waals surface area contributed by atoms with E-state index in [2.05, 4.69) is 6.58 Å². The van der Waals surface area contributed by atoms with Gasteiger partial charge in [-0.15, -0.1) is 6.58 Å². The summed E-state index contributed by atoms with van der Waals surface area (Å²) < 4.78 is 5.47. The zero-order valence-electron chi connectivity index (χ0n) is 7.21. The van der Waals surface area contributed by atoms with E-state index in [4.69, 9.17) is 4.74 Å². The van der Waals surface area contributed by atoms with Crippen LogP contribution in [0.5, 0.6) is 0 Å². The first-order chi connectivity index (χ1) is 5.05. The Balaban J connectivity index is 2.47. The second-order valence-corrected chi connectivity index (χ2v) is 3.76. The highest BCUT2D eigenvalue weighted by atomic mass is 16.5. The number of rotatable bonds is 2. The summed E-state index contributed by atoms with van der Waals surface area (Å²) in [5.74, 6) is 0.238. The Bertz CT molecular complexity index is 152. The summed E-state index contributed by atoms with van der Waals surface area (Å²) in [5.41, 5.74) is -0.0609. The van der Waals surface area contributed by atoms with Crippen molar-refractivity contribution in [2.75, 3.05) is 6.61 Å². The third-order valence-electron chi connectivity index (χ3n) is 2.17. The highest BCUT2D eigenvalue weighted by molar-refractivity contribution is 4.91. The van der Waals surface area contributed by atoms with Gasteiger partial charge in [0.05, 0.1) is 18.3 Å². The lowest BCUT2D eigenvalue weighted by molar-refractivity contribution is 0.0320. The molecule has 0 aliphatic carbocycles. The Hall–Kier alpha value is -0.340. The lowest BCUT2D eigenvalue weighted by atomic mass is 9.93. The van der Waals surface area contributed by atoms with Crippen LogP contribution in [0.1, 0.15) is 20.3 Å². The summed E-state index contributed by atoms with van der Waals surface area (Å²) in [6, 6.07) is 0. The molecule has 2 heteroatoms. The zero-order valence-corrected chi connectivity index (χ0v) is 7.21. The van der Waals surface area contributed by atoms with Crippen LogP contribution in [0.25, 0.3) is 0 Å². The number of hydrogen-bond acceptors (Lipinski definition) is 2. The molecule has 0 aromatic carbocycles. The molecule has 1 heterocycles. The highest BCUT2D eigenvalue weighted by Gasteiger charge is 2.34. The molecule has 2 atom stereocenters. The summed E-state index contributed by atoms with van der Waals surface area (Å²) in [6.07, 6.45) is 2.09. The van der Waals surface area contributed by atoms with Crippen LogP contribution in [-0.4, -0.2) is 23.4 Å². The van der Waals surface area contributed by atoms with Crippen molar-refractivity contribution in [3.63, 3.8) is 0 Å². The Labute approximate surface area is 67.9 Å². The van der Waals surface area contributed by atoms with Crippen LogP contribution in [0.15, 0.2) is 12.7 Å². The summed E-state index contributed by atoms with van der Waals surface area (Å²) in [4.78, 5) is 0. The van der Waals surface area contributed by atoms with Crippen molar-refractivity contribution in [3.8, 4) is 0 Å². The predicted molar refractivity (Wildman–Crippen MR) is 44.3 cm³/mol. The van der Waals surface area contributed by atoms with Gasteiger partial charge in [-0.05, 0) is 20.3 Å². The highest BCUT2D eigenvalue weighted by Crippen LogP contribution is 2.31. The maximum atomic E-state index is 9.39. The second kappa shape index (κ2) is 2.95. The van der Waals surface area contributed by atoms with Crippen LogP contribution in [0, 0.1) is 5.92 Å². The van der Waals surface area contributed by atoms with E-state index in [1.54, 1.807) is 6.08 Å². The van der Waals surface area contributed by atoms with Crippen LogP contribution in [0.3, 0.4) is 0 Å². The Morgan fingerprint density at radius 1 is 1.73 bits per heavy atom. The topological polar surface area (TPSA) is 29.5 Å². The average Bonchev–Trinajstić information content (AvgIpc) is 2.29. The third-order valence-corrected chi connectivity index (χ3v) is 2.17. The van der Waals surface area contributed by atoms with Crippen molar-refractivity contribution in [1.29, 1.82) is 0 Å². The number of ether oxygens (including phenoxy) is 1. The van der Waals surface area contributed by atoms with Crippen LogP contribution in [0.4, 0.5) is 0 Å². The van der Waals surface area contributed by atoms with Crippen molar-refractivity contribution in [2.24, 2.45) is 5.92 Å². The van der Waals surface area contributed by atoms with E-state index in [1.807, 2.05) is 13.8 Å². The van der Waals surface area contributed by atoms with Crippen molar-refractivity contribution in [1.82, 2.24) is 0 Å². The smallest absolute Gasteiger partial charge is 0.0769 e. The summed E-state index contributed by atoms with van der Waals surface area (Å²) in [7, 11) is 0. The van der Waals surface area contributed by atoms with Gasteiger partial charge in [0.25, 0.3) is 0 Å². The standard InChI is InChI=1S/C9H16O2/c1-4-8(10)7-5-9(2,3)11-6-7/h4,7-8,10H,1,5-6H2,2-3H3. The van der Waals surface area contributed by atoms with Crippen molar-refractivity contribution >= 4 is 0 Å². The van der Waals surface area contributed by atoms with Gasteiger partial charge in [0.1, 0.15) is 0 Å². The van der Waals surface area contributed by atoms with Gasteiger partial charge in [0, 0.05) is 5.92 Å². The Morgan fingerprint density at radius 2 is 2.36 bits per heavy atom. The molecule has 1 aliphatic rings. The molecular weight excluding hydrogens is 140 g/mol. The molecule has 1 N–H and O–H groups in total. The Morgan fingerprint density at radius 3 is 2.73 bits per heavy atom. The zero-order chi connectivity index (χ0) is 8.48. The van der Waals surface area contributed by atoms with Gasteiger partial charge in [-0.1, -0.05) is 6.08 Å². The van der Waals surface area contributed by atoms with Crippen molar-refractivity contribution in [3.05, 3.63) is 12.7 Å². The molecule has 0 radical (unpaired) electrons. The Kier molecular flexibility index (Phi) is 2.35. The lowest BCUT2D eigenvalue weighted by Gasteiger charge is -2.16. The van der Waals surface area contributed by atoms with Gasteiger partial charge >= 0.3 is 0 Å². The van der Waals surface area contributed by atoms with E-state index >= 15 is 0 Å². The summed E-state index contributed by atoms with van der Waals surface area (Å²) >= 11 is 0. The minimum Gasteiger partial charge on any atom is -0.389 e. The number of aliphatic hydroxyl groups excluding tert-OH is 1. The molecule has 0 saturated carbocycles. The van der Waals surface area contributed by atoms with E-state index in [9.17, 15) is 5.11 Å². The third kappa shape index (κ3) is 2.04. The number of hydrogen-bond donors (Lipinski definition) is 1. The molecule has 2 nitrogen and oxygen atoms in total. The average molecular weight is 156 g/mol. The maximum Gasteiger partial charge on any atom is 0.0769 e. The molecule has 2 unspecified atom stereocenters. The molecule has 0 aromatic heterocycles. The van der Waals surface area contributed by atoms with E-state index < -0.39 is 6.10 Å². The largest absolute Gasteiger partial charge is 0.389 e. The van der Waals surface area contributed by atoms with Gasteiger partial charge in [0.2, 0.25) is 0 Å². The van der Waals surface area contributed by atoms with Gasteiger partial charge in [-0.2, -0.15) is 0 Å². The molecule has 1 fully saturated rings. The van der Waals surface area contributed by atoms with E-state index in [0.717, 1.165) is 6.42 Å². The van der Waals surface area contributed by atoms with Crippen LogP contribution < -0.4 is 0 Å². The van der Waals surface area contributed by atoms with E-state index in [0.29, 0.717) is 6.61 Å². The molecule has 0 amide bonds. The first-order valence-electron chi connectivity index (χ1n) is 4.00. The monoisotopic (exact) mass is 156 g/mol. The van der Waals surface area contributed by atoms with E-state index in [1.165, 1.54) is 0 Å². The molecule has 0 bridgehead atoms. The van der Waals surface area contributed by atoms with Gasteiger partial charge in [-0.25, -0.2) is 0 Å². The summed E-state index contributed by atoms with van der Waals surface area (Å²) in [5, 5.41) is 9.39. The van der Waals surface area contributed by atoms with Crippen molar-refractivity contribution < 1.29 is 9.84 Å². The molecule has 64 valence electrons. The predicted octanol–water partition coefficient (Wildman–Crippen LogP) is 1.35. The number of aliphatic hydroxyl groups is 1. The normalized spacial score (nSPS) is 31.7. The first-order valence-corrected chi connectivity index (χ1v) is 4.00. The molecule has 1 rings (SSSR count). The quantitative estimate of drug-likeness (QED) is 0.611. The molecule has 0 aromatic rings. The van der Waals surface area contributed by atoms with Gasteiger partial charge in [-0.3, -0.25) is 0 Å². The molecule has 1 saturated heterocycles. The molecule has 11 heavy (non-hydrogen) atoms. The lowest BCUT2D eigenvalue weighted by Crippen LogP contribution is -2.20. The van der Waals surface area contributed by atoms with Gasteiger partial charge in [0.15, 0.2) is 0 Å². The maximum absolute atomic E-state index is 9.39. The van der Waals surface area contributed by atoms with Crippen LogP contribution >= 0.6 is 0 Å². The molecular formula is C9H16O2.